The molecule has 1 aliphatic rings. The van der Waals surface area contributed by atoms with Crippen molar-refractivity contribution in [1.82, 2.24) is 10.2 Å². The molecular weight excluding hydrogens is 200 g/mol. The zero-order chi connectivity index (χ0) is 11.8. The number of nitrogens with zero attached hydrogens (tertiary/aromatic N) is 1. The lowest BCUT2D eigenvalue weighted by Crippen LogP contribution is -2.49. The second-order valence-corrected chi connectivity index (χ2v) is 4.64. The maximum atomic E-state index is 5.74. The normalized spacial score (nSPS) is 23.4. The van der Waals surface area contributed by atoms with Crippen molar-refractivity contribution < 1.29 is 4.74 Å². The molecule has 0 spiro atoms. The minimum absolute atomic E-state index is 0.363. The van der Waals surface area contributed by atoms with Gasteiger partial charge in [0.1, 0.15) is 0 Å². The van der Waals surface area contributed by atoms with Crippen molar-refractivity contribution in [2.75, 3.05) is 32.8 Å². The third-order valence-corrected chi connectivity index (χ3v) is 3.00. The highest BCUT2D eigenvalue weighted by Crippen LogP contribution is 2.07. The third-order valence-electron chi connectivity index (χ3n) is 3.00. The second kappa shape index (κ2) is 7.82. The van der Waals surface area contributed by atoms with E-state index in [0.717, 1.165) is 39.2 Å². The summed E-state index contributed by atoms with van der Waals surface area (Å²) in [6.45, 7) is 11.6. The average molecular weight is 226 g/mol. The molecule has 0 aromatic carbocycles. The molecule has 1 unspecified atom stereocenters. The Hall–Kier alpha value is -0.380. The first kappa shape index (κ1) is 13.7. The van der Waals surface area contributed by atoms with Crippen LogP contribution in [0.5, 0.6) is 0 Å². The molecule has 0 bridgehead atoms. The highest BCUT2D eigenvalue weighted by molar-refractivity contribution is 4.79. The van der Waals surface area contributed by atoms with E-state index in [9.17, 15) is 0 Å². The van der Waals surface area contributed by atoms with Crippen molar-refractivity contribution in [3.8, 4) is 0 Å². The highest BCUT2D eigenvalue weighted by Gasteiger charge is 2.21. The molecule has 1 fully saturated rings. The minimum atomic E-state index is 0.363. The summed E-state index contributed by atoms with van der Waals surface area (Å²) in [5, 5.41) is 3.45. The smallest absolute Gasteiger partial charge is 0.0826 e. The molecule has 0 amide bonds. The van der Waals surface area contributed by atoms with E-state index in [0.29, 0.717) is 12.1 Å². The fourth-order valence-corrected chi connectivity index (χ4v) is 1.95. The van der Waals surface area contributed by atoms with Gasteiger partial charge >= 0.3 is 0 Å². The summed E-state index contributed by atoms with van der Waals surface area (Å²) in [7, 11) is 0. The molecular formula is C13H26N2O. The molecule has 1 rings (SSSR count). The van der Waals surface area contributed by atoms with Crippen LogP contribution in [-0.4, -0.2) is 49.8 Å². The maximum absolute atomic E-state index is 5.74. The van der Waals surface area contributed by atoms with E-state index in [1.54, 1.807) is 0 Å². The zero-order valence-electron chi connectivity index (χ0n) is 10.9. The van der Waals surface area contributed by atoms with Crippen LogP contribution in [-0.2, 0) is 4.74 Å². The highest BCUT2D eigenvalue weighted by atomic mass is 16.5. The molecule has 0 radical (unpaired) electrons. The van der Waals surface area contributed by atoms with Crippen LogP contribution in [0.25, 0.3) is 0 Å². The Morgan fingerprint density at radius 1 is 1.50 bits per heavy atom. The van der Waals surface area contributed by atoms with Gasteiger partial charge in [0.15, 0.2) is 0 Å². The van der Waals surface area contributed by atoms with Gasteiger partial charge in [0.05, 0.1) is 12.7 Å². The number of morpholine rings is 1. The van der Waals surface area contributed by atoms with Gasteiger partial charge in [-0.25, -0.2) is 0 Å². The van der Waals surface area contributed by atoms with E-state index in [4.69, 9.17) is 4.74 Å². The Kier molecular flexibility index (Phi) is 6.69. The van der Waals surface area contributed by atoms with Crippen molar-refractivity contribution in [2.24, 2.45) is 0 Å². The average Bonchev–Trinajstić information content (AvgIpc) is 2.29. The van der Waals surface area contributed by atoms with Gasteiger partial charge < -0.3 is 10.1 Å². The fourth-order valence-electron chi connectivity index (χ4n) is 1.95. The van der Waals surface area contributed by atoms with Crippen molar-refractivity contribution in [2.45, 2.75) is 39.3 Å². The molecule has 1 aliphatic heterocycles. The van der Waals surface area contributed by atoms with E-state index in [-0.39, 0.29) is 0 Å². The summed E-state index contributed by atoms with van der Waals surface area (Å²) in [6.07, 6.45) is 5.76. The number of hydrogen-bond acceptors (Lipinski definition) is 3. The summed E-state index contributed by atoms with van der Waals surface area (Å²) < 4.78 is 5.74. The summed E-state index contributed by atoms with van der Waals surface area (Å²) in [5.41, 5.74) is 0. The zero-order valence-corrected chi connectivity index (χ0v) is 10.9. The lowest BCUT2D eigenvalue weighted by atomic mass is 10.2. The van der Waals surface area contributed by atoms with Crippen LogP contribution in [0, 0.1) is 0 Å². The topological polar surface area (TPSA) is 24.5 Å². The Morgan fingerprint density at radius 2 is 2.31 bits per heavy atom. The van der Waals surface area contributed by atoms with Gasteiger partial charge in [0, 0.05) is 25.7 Å². The number of allylic oxidation sites excluding steroid dienone is 1. The van der Waals surface area contributed by atoms with E-state index >= 15 is 0 Å². The predicted octanol–water partition coefficient (Wildman–Crippen LogP) is 1.65. The van der Waals surface area contributed by atoms with E-state index in [1.165, 1.54) is 0 Å². The molecule has 1 atom stereocenters. The van der Waals surface area contributed by atoms with Crippen LogP contribution in [0.1, 0.15) is 27.2 Å². The number of ether oxygens (including phenoxy) is 1. The first-order valence-electron chi connectivity index (χ1n) is 6.41. The van der Waals surface area contributed by atoms with Crippen molar-refractivity contribution in [3.05, 3.63) is 12.2 Å². The Morgan fingerprint density at radius 3 is 3.00 bits per heavy atom. The Balaban J connectivity index is 2.12. The van der Waals surface area contributed by atoms with Gasteiger partial charge in [-0.1, -0.05) is 12.2 Å². The van der Waals surface area contributed by atoms with Gasteiger partial charge in [-0.15, -0.1) is 0 Å². The largest absolute Gasteiger partial charge is 0.374 e. The van der Waals surface area contributed by atoms with Crippen molar-refractivity contribution in [1.29, 1.82) is 0 Å². The van der Waals surface area contributed by atoms with E-state index < -0.39 is 0 Å². The molecule has 1 heterocycles. The molecule has 0 saturated carbocycles. The number of nitrogens with one attached hydrogen (secondary N) is 1. The molecule has 0 aromatic heterocycles. The lowest BCUT2D eigenvalue weighted by molar-refractivity contribution is -0.0370. The molecule has 1 saturated heterocycles. The van der Waals surface area contributed by atoms with Gasteiger partial charge in [0.25, 0.3) is 0 Å². The molecule has 3 nitrogen and oxygen atoms in total. The van der Waals surface area contributed by atoms with Gasteiger partial charge in [-0.3, -0.25) is 4.90 Å². The first-order valence-corrected chi connectivity index (χ1v) is 6.41. The monoisotopic (exact) mass is 226 g/mol. The van der Waals surface area contributed by atoms with Crippen LogP contribution in [0.3, 0.4) is 0 Å². The predicted molar refractivity (Wildman–Crippen MR) is 68.7 cm³/mol. The van der Waals surface area contributed by atoms with Crippen molar-refractivity contribution in [3.63, 3.8) is 0 Å². The molecule has 3 heteroatoms. The van der Waals surface area contributed by atoms with Crippen LogP contribution in [0.15, 0.2) is 12.2 Å². The van der Waals surface area contributed by atoms with Crippen LogP contribution in [0.2, 0.25) is 0 Å². The van der Waals surface area contributed by atoms with Gasteiger partial charge in [-0.05, 0) is 33.7 Å². The molecule has 94 valence electrons. The van der Waals surface area contributed by atoms with Gasteiger partial charge in [-0.2, -0.15) is 0 Å². The lowest BCUT2D eigenvalue weighted by Gasteiger charge is -2.35. The second-order valence-electron chi connectivity index (χ2n) is 4.64. The minimum Gasteiger partial charge on any atom is -0.374 e. The quantitative estimate of drug-likeness (QED) is 0.550. The summed E-state index contributed by atoms with van der Waals surface area (Å²) in [6, 6.07) is 0.634. The van der Waals surface area contributed by atoms with E-state index in [2.05, 4.69) is 43.1 Å². The number of hydrogen-bond donors (Lipinski definition) is 1. The number of rotatable bonds is 6. The van der Waals surface area contributed by atoms with Crippen LogP contribution in [0.4, 0.5) is 0 Å². The SMILES string of the molecule is C/C=C/CCNCC1CN(C(C)C)CCO1. The summed E-state index contributed by atoms with van der Waals surface area (Å²) >= 11 is 0. The molecule has 0 aromatic rings. The Labute approximate surface area is 99.8 Å². The standard InChI is InChI=1S/C13H26N2O/c1-4-5-6-7-14-10-13-11-15(12(2)3)8-9-16-13/h4-5,12-14H,6-11H2,1-3H3/b5-4+. The third kappa shape index (κ3) is 5.10. The summed E-state index contributed by atoms with van der Waals surface area (Å²) in [5.74, 6) is 0. The van der Waals surface area contributed by atoms with Gasteiger partial charge in [0.2, 0.25) is 0 Å². The first-order chi connectivity index (χ1) is 7.74. The van der Waals surface area contributed by atoms with Crippen molar-refractivity contribution >= 4 is 0 Å². The molecule has 0 aliphatic carbocycles. The maximum Gasteiger partial charge on any atom is 0.0826 e. The van der Waals surface area contributed by atoms with Crippen LogP contribution >= 0.6 is 0 Å². The fraction of sp³-hybridized carbons (Fsp3) is 0.846. The Bertz CT molecular complexity index is 204. The van der Waals surface area contributed by atoms with Crippen LogP contribution < -0.4 is 5.32 Å². The summed E-state index contributed by atoms with van der Waals surface area (Å²) in [4.78, 5) is 2.49. The molecule has 1 N–H and O–H groups in total. The molecule has 16 heavy (non-hydrogen) atoms. The van der Waals surface area contributed by atoms with E-state index in [1.807, 2.05) is 0 Å².